The fourth-order valence-electron chi connectivity index (χ4n) is 2.49. The topological polar surface area (TPSA) is 49.3 Å². The van der Waals surface area contributed by atoms with E-state index in [2.05, 4.69) is 15.1 Å². The van der Waals surface area contributed by atoms with Crippen LogP contribution in [0.1, 0.15) is 23.3 Å². The number of benzene rings is 1. The molecular formula is C16H18N4O. The van der Waals surface area contributed by atoms with Gasteiger partial charge in [0.25, 0.3) is 5.91 Å². The Bertz CT molecular complexity index is 606. The number of anilines is 2. The normalized spacial score (nSPS) is 14.2. The Morgan fingerprint density at radius 2 is 1.76 bits per heavy atom. The maximum absolute atomic E-state index is 12.4. The maximum Gasteiger partial charge on any atom is 0.278 e. The van der Waals surface area contributed by atoms with Gasteiger partial charge in [0.15, 0.2) is 11.5 Å². The lowest BCUT2D eigenvalue weighted by Gasteiger charge is -2.18. The number of nitrogens with zero attached hydrogens (tertiary/aromatic N) is 4. The van der Waals surface area contributed by atoms with Gasteiger partial charge in [-0.3, -0.25) is 4.79 Å². The predicted molar refractivity (Wildman–Crippen MR) is 82.7 cm³/mol. The zero-order chi connectivity index (χ0) is 14.7. The number of amides is 1. The van der Waals surface area contributed by atoms with Crippen LogP contribution in [0.4, 0.5) is 11.5 Å². The molecule has 1 aromatic heterocycles. The van der Waals surface area contributed by atoms with E-state index in [9.17, 15) is 4.79 Å². The average Bonchev–Trinajstić information content (AvgIpc) is 3.09. The molecule has 1 aliphatic heterocycles. The third-order valence-corrected chi connectivity index (χ3v) is 3.75. The number of aromatic nitrogens is 2. The third-order valence-electron chi connectivity index (χ3n) is 3.75. The van der Waals surface area contributed by atoms with Gasteiger partial charge in [0, 0.05) is 25.8 Å². The van der Waals surface area contributed by atoms with Crippen LogP contribution >= 0.6 is 0 Å². The molecule has 0 saturated carbocycles. The van der Waals surface area contributed by atoms with Gasteiger partial charge < -0.3 is 9.80 Å². The first-order chi connectivity index (χ1) is 10.3. The Morgan fingerprint density at radius 1 is 1.05 bits per heavy atom. The summed E-state index contributed by atoms with van der Waals surface area (Å²) in [5, 5.41) is 8.27. The Labute approximate surface area is 124 Å². The fourth-order valence-corrected chi connectivity index (χ4v) is 2.49. The van der Waals surface area contributed by atoms with Gasteiger partial charge in [0.05, 0.1) is 0 Å². The highest BCUT2D eigenvalue weighted by Crippen LogP contribution is 2.18. The van der Waals surface area contributed by atoms with Gasteiger partial charge >= 0.3 is 0 Å². The molecule has 2 aromatic rings. The van der Waals surface area contributed by atoms with Gasteiger partial charge in [-0.25, -0.2) is 0 Å². The highest BCUT2D eigenvalue weighted by atomic mass is 16.2. The molecule has 0 atom stereocenters. The zero-order valence-corrected chi connectivity index (χ0v) is 12.1. The molecule has 1 aromatic carbocycles. The lowest BCUT2D eigenvalue weighted by Crippen LogP contribution is -2.27. The first kappa shape index (κ1) is 13.5. The lowest BCUT2D eigenvalue weighted by molar-refractivity contribution is 0.0987. The fraction of sp³-hybridized carbons (Fsp3) is 0.312. The predicted octanol–water partition coefficient (Wildman–Crippen LogP) is 2.35. The highest BCUT2D eigenvalue weighted by molar-refractivity contribution is 6.04. The van der Waals surface area contributed by atoms with Crippen LogP contribution in [-0.4, -0.2) is 36.2 Å². The molecule has 1 fully saturated rings. The van der Waals surface area contributed by atoms with Crippen molar-refractivity contribution in [1.29, 1.82) is 0 Å². The van der Waals surface area contributed by atoms with Crippen molar-refractivity contribution in [2.75, 3.05) is 29.9 Å². The van der Waals surface area contributed by atoms with Crippen LogP contribution in [0.3, 0.4) is 0 Å². The molecule has 0 spiro atoms. The van der Waals surface area contributed by atoms with E-state index in [-0.39, 0.29) is 5.91 Å². The first-order valence-corrected chi connectivity index (χ1v) is 7.17. The lowest BCUT2D eigenvalue weighted by atomic mass is 10.2. The Balaban J connectivity index is 1.75. The summed E-state index contributed by atoms with van der Waals surface area (Å²) in [5.41, 5.74) is 1.21. The Morgan fingerprint density at radius 3 is 2.38 bits per heavy atom. The number of carbonyl (C=O) groups excluding carboxylic acids is 1. The monoisotopic (exact) mass is 282 g/mol. The highest BCUT2D eigenvalue weighted by Gasteiger charge is 2.17. The second kappa shape index (κ2) is 5.91. The van der Waals surface area contributed by atoms with Crippen molar-refractivity contribution >= 4 is 17.4 Å². The smallest absolute Gasteiger partial charge is 0.278 e. The largest absolute Gasteiger partial charge is 0.355 e. The average molecular weight is 282 g/mol. The van der Waals surface area contributed by atoms with Gasteiger partial charge in [-0.15, -0.1) is 10.2 Å². The van der Waals surface area contributed by atoms with Gasteiger partial charge in [0.1, 0.15) is 0 Å². The second-order valence-electron chi connectivity index (χ2n) is 5.17. The van der Waals surface area contributed by atoms with Gasteiger partial charge in [0.2, 0.25) is 0 Å². The van der Waals surface area contributed by atoms with E-state index in [1.54, 1.807) is 18.0 Å². The van der Waals surface area contributed by atoms with Crippen molar-refractivity contribution in [2.24, 2.45) is 0 Å². The molecule has 0 aliphatic carbocycles. The Kier molecular flexibility index (Phi) is 3.81. The van der Waals surface area contributed by atoms with E-state index < -0.39 is 0 Å². The molecule has 0 unspecified atom stereocenters. The van der Waals surface area contributed by atoms with Crippen molar-refractivity contribution in [1.82, 2.24) is 10.2 Å². The van der Waals surface area contributed by atoms with E-state index in [0.717, 1.165) is 24.6 Å². The molecule has 108 valence electrons. The van der Waals surface area contributed by atoms with Crippen LogP contribution in [0, 0.1) is 0 Å². The van der Waals surface area contributed by atoms with Gasteiger partial charge in [-0.1, -0.05) is 18.2 Å². The van der Waals surface area contributed by atoms with Crippen LogP contribution in [0.25, 0.3) is 0 Å². The van der Waals surface area contributed by atoms with Crippen molar-refractivity contribution < 1.29 is 4.79 Å². The first-order valence-electron chi connectivity index (χ1n) is 7.17. The molecule has 0 radical (unpaired) electrons. The quantitative estimate of drug-likeness (QED) is 0.867. The SMILES string of the molecule is CN(C(=O)c1ccc(N2CCCC2)nn1)c1ccccc1. The summed E-state index contributed by atoms with van der Waals surface area (Å²) in [6.45, 7) is 2.04. The minimum absolute atomic E-state index is 0.151. The summed E-state index contributed by atoms with van der Waals surface area (Å²) >= 11 is 0. The second-order valence-corrected chi connectivity index (χ2v) is 5.17. The summed E-state index contributed by atoms with van der Waals surface area (Å²) in [4.78, 5) is 16.2. The van der Waals surface area contributed by atoms with E-state index in [1.807, 2.05) is 36.4 Å². The molecule has 1 amide bonds. The zero-order valence-electron chi connectivity index (χ0n) is 12.1. The molecule has 5 heteroatoms. The number of hydrogen-bond donors (Lipinski definition) is 0. The molecule has 1 aliphatic rings. The molecule has 2 heterocycles. The van der Waals surface area contributed by atoms with E-state index in [1.165, 1.54) is 12.8 Å². The van der Waals surface area contributed by atoms with Crippen LogP contribution in [-0.2, 0) is 0 Å². The van der Waals surface area contributed by atoms with Crippen LogP contribution in [0.5, 0.6) is 0 Å². The molecule has 0 N–H and O–H groups in total. The van der Waals surface area contributed by atoms with Crippen molar-refractivity contribution in [2.45, 2.75) is 12.8 Å². The van der Waals surface area contributed by atoms with Crippen molar-refractivity contribution in [3.63, 3.8) is 0 Å². The molecule has 0 bridgehead atoms. The molecule has 21 heavy (non-hydrogen) atoms. The van der Waals surface area contributed by atoms with E-state index in [4.69, 9.17) is 0 Å². The standard InChI is InChI=1S/C16H18N4O/c1-19(13-7-3-2-4-8-13)16(21)14-9-10-15(18-17-14)20-11-5-6-12-20/h2-4,7-10H,5-6,11-12H2,1H3. The summed E-state index contributed by atoms with van der Waals surface area (Å²) in [7, 11) is 1.74. The molecule has 3 rings (SSSR count). The molecular weight excluding hydrogens is 264 g/mol. The van der Waals surface area contributed by atoms with Crippen LogP contribution in [0.2, 0.25) is 0 Å². The summed E-state index contributed by atoms with van der Waals surface area (Å²) in [6.07, 6.45) is 2.39. The number of hydrogen-bond acceptors (Lipinski definition) is 4. The Hall–Kier alpha value is -2.43. The minimum atomic E-state index is -0.151. The van der Waals surface area contributed by atoms with Gasteiger partial charge in [-0.2, -0.15) is 0 Å². The van der Waals surface area contributed by atoms with Crippen LogP contribution in [0.15, 0.2) is 42.5 Å². The number of para-hydroxylation sites is 1. The number of carbonyl (C=O) groups is 1. The molecule has 1 saturated heterocycles. The maximum atomic E-state index is 12.4. The minimum Gasteiger partial charge on any atom is -0.355 e. The summed E-state index contributed by atoms with van der Waals surface area (Å²) in [6, 6.07) is 13.1. The third kappa shape index (κ3) is 2.86. The van der Waals surface area contributed by atoms with E-state index in [0.29, 0.717) is 5.69 Å². The van der Waals surface area contributed by atoms with Crippen LogP contribution < -0.4 is 9.80 Å². The number of rotatable bonds is 3. The van der Waals surface area contributed by atoms with E-state index >= 15 is 0 Å². The van der Waals surface area contributed by atoms with Crippen molar-refractivity contribution in [3.05, 3.63) is 48.2 Å². The van der Waals surface area contributed by atoms with Crippen molar-refractivity contribution in [3.8, 4) is 0 Å². The van der Waals surface area contributed by atoms with Gasteiger partial charge in [-0.05, 0) is 37.1 Å². The summed E-state index contributed by atoms with van der Waals surface area (Å²) < 4.78 is 0. The molecule has 5 nitrogen and oxygen atoms in total. The summed E-state index contributed by atoms with van der Waals surface area (Å²) in [5.74, 6) is 0.702.